The second-order valence-corrected chi connectivity index (χ2v) is 8.98. The van der Waals surface area contributed by atoms with E-state index in [-0.39, 0.29) is 18.7 Å². The Balaban J connectivity index is 1.17. The number of likely N-dealkylation sites (tertiary alicyclic amines) is 2. The van der Waals surface area contributed by atoms with E-state index in [1.54, 1.807) is 12.1 Å². The van der Waals surface area contributed by atoms with E-state index in [1.807, 2.05) is 17.0 Å². The summed E-state index contributed by atoms with van der Waals surface area (Å²) in [6.45, 7) is 9.21. The molecule has 35 heavy (non-hydrogen) atoms. The quantitative estimate of drug-likeness (QED) is 0.401. The fourth-order valence-electron chi connectivity index (χ4n) is 4.76. The number of rotatable bonds is 10. The molecule has 8 heteroatoms. The van der Waals surface area contributed by atoms with Crippen molar-refractivity contribution in [1.82, 2.24) is 15.1 Å². The fourth-order valence-corrected chi connectivity index (χ4v) is 4.76. The molecule has 4 rings (SSSR count). The average molecular weight is 479 g/mol. The van der Waals surface area contributed by atoms with E-state index in [9.17, 15) is 9.59 Å². The molecule has 2 unspecified atom stereocenters. The van der Waals surface area contributed by atoms with Crippen LogP contribution in [0.3, 0.4) is 0 Å². The van der Waals surface area contributed by atoms with Crippen molar-refractivity contribution in [2.24, 2.45) is 0 Å². The number of carbonyl (C=O) groups excluding carboxylic acids is 2. The van der Waals surface area contributed by atoms with E-state index in [2.05, 4.69) is 53.3 Å². The van der Waals surface area contributed by atoms with Gasteiger partial charge in [0.2, 0.25) is 0 Å². The minimum Gasteiger partial charge on any atom is -0.492 e. The van der Waals surface area contributed by atoms with Gasteiger partial charge in [0.15, 0.2) is 0 Å². The number of fused-ring (bicyclic) bond motifs is 2. The normalized spacial score (nSPS) is 18.8. The Hall–Kier alpha value is -3.52. The van der Waals surface area contributed by atoms with Crippen molar-refractivity contribution in [2.45, 2.75) is 31.8 Å². The summed E-state index contributed by atoms with van der Waals surface area (Å²) < 4.78 is 10.4. The van der Waals surface area contributed by atoms with E-state index >= 15 is 0 Å². The SMILES string of the molecule is C=CCOC(=O)NCCOc1ccc(NC(=O)N2CC3CC2CN3CCc2ccccc2C)cc1. The number of alkyl carbamates (subject to hydrolysis) is 1. The Labute approximate surface area is 206 Å². The number of hydrogen-bond acceptors (Lipinski definition) is 5. The molecule has 2 aromatic carbocycles. The number of aryl methyl sites for hydroxylation is 1. The predicted molar refractivity (Wildman–Crippen MR) is 136 cm³/mol. The number of benzene rings is 2. The van der Waals surface area contributed by atoms with Crippen LogP contribution in [0.2, 0.25) is 0 Å². The summed E-state index contributed by atoms with van der Waals surface area (Å²) >= 11 is 0. The van der Waals surface area contributed by atoms with Gasteiger partial charge >= 0.3 is 12.1 Å². The summed E-state index contributed by atoms with van der Waals surface area (Å²) in [5.74, 6) is 0.661. The molecule has 2 saturated heterocycles. The summed E-state index contributed by atoms with van der Waals surface area (Å²) in [6, 6.07) is 16.5. The van der Waals surface area contributed by atoms with Gasteiger partial charge in [0.25, 0.3) is 0 Å². The summed E-state index contributed by atoms with van der Waals surface area (Å²) in [7, 11) is 0. The van der Waals surface area contributed by atoms with Crippen LogP contribution in [0.1, 0.15) is 17.5 Å². The zero-order valence-corrected chi connectivity index (χ0v) is 20.2. The zero-order valence-electron chi connectivity index (χ0n) is 20.2. The number of carbonyl (C=O) groups is 2. The first-order chi connectivity index (χ1) is 17.0. The van der Waals surface area contributed by atoms with Crippen LogP contribution in [0.4, 0.5) is 15.3 Å². The van der Waals surface area contributed by atoms with Gasteiger partial charge in [-0.2, -0.15) is 0 Å². The molecule has 2 aliphatic rings. The first-order valence-corrected chi connectivity index (χ1v) is 12.1. The summed E-state index contributed by atoms with van der Waals surface area (Å²) in [6.07, 6.45) is 3.10. The molecule has 2 heterocycles. The molecule has 0 spiro atoms. The van der Waals surface area contributed by atoms with E-state index in [4.69, 9.17) is 9.47 Å². The van der Waals surface area contributed by atoms with Crippen LogP contribution in [0.25, 0.3) is 0 Å². The van der Waals surface area contributed by atoms with Gasteiger partial charge in [-0.05, 0) is 55.2 Å². The second kappa shape index (κ2) is 11.8. The van der Waals surface area contributed by atoms with Crippen molar-refractivity contribution in [3.05, 3.63) is 72.3 Å². The van der Waals surface area contributed by atoms with Crippen molar-refractivity contribution < 1.29 is 19.1 Å². The van der Waals surface area contributed by atoms with Crippen LogP contribution in [-0.2, 0) is 11.2 Å². The molecule has 0 aromatic heterocycles. The largest absolute Gasteiger partial charge is 0.492 e. The van der Waals surface area contributed by atoms with Crippen LogP contribution in [-0.4, -0.2) is 73.4 Å². The Morgan fingerprint density at radius 3 is 2.63 bits per heavy atom. The van der Waals surface area contributed by atoms with Crippen molar-refractivity contribution in [3.8, 4) is 5.75 Å². The highest BCUT2D eigenvalue weighted by molar-refractivity contribution is 5.90. The minimum absolute atomic E-state index is 0.0491. The summed E-state index contributed by atoms with van der Waals surface area (Å²) in [5, 5.41) is 5.60. The Kier molecular flexibility index (Phi) is 8.26. The molecule has 8 nitrogen and oxygen atoms in total. The van der Waals surface area contributed by atoms with Gasteiger partial charge in [0, 0.05) is 37.4 Å². The molecule has 2 bridgehead atoms. The second-order valence-electron chi connectivity index (χ2n) is 8.98. The smallest absolute Gasteiger partial charge is 0.407 e. The number of amides is 3. The van der Waals surface area contributed by atoms with E-state index in [0.29, 0.717) is 24.9 Å². The highest BCUT2D eigenvalue weighted by Crippen LogP contribution is 2.31. The maximum atomic E-state index is 12.9. The van der Waals surface area contributed by atoms with Gasteiger partial charge in [-0.3, -0.25) is 4.90 Å². The highest BCUT2D eigenvalue weighted by atomic mass is 16.5. The molecule has 2 aromatic rings. The molecule has 2 N–H and O–H groups in total. The van der Waals surface area contributed by atoms with E-state index < -0.39 is 6.09 Å². The molecular weight excluding hydrogens is 444 g/mol. The van der Waals surface area contributed by atoms with Crippen molar-refractivity contribution >= 4 is 17.8 Å². The van der Waals surface area contributed by atoms with Gasteiger partial charge in [-0.1, -0.05) is 36.9 Å². The van der Waals surface area contributed by atoms with Crippen molar-refractivity contribution in [1.29, 1.82) is 0 Å². The van der Waals surface area contributed by atoms with E-state index in [0.717, 1.165) is 38.2 Å². The lowest BCUT2D eigenvalue weighted by Gasteiger charge is -2.34. The molecular formula is C27H34N4O4. The summed E-state index contributed by atoms with van der Waals surface area (Å²) in [5.41, 5.74) is 3.47. The molecule has 2 atom stereocenters. The molecule has 0 saturated carbocycles. The number of ether oxygens (including phenoxy) is 2. The topological polar surface area (TPSA) is 83.1 Å². The standard InChI is InChI=1S/C27H34N4O4/c1-3-15-35-27(33)28-13-16-34-25-10-8-22(9-11-25)29-26(32)31-19-23-17-24(31)18-30(23)14-12-21-7-5-4-6-20(21)2/h3-11,23-24H,1,12-19H2,2H3,(H,28,33)(H,29,32). The lowest BCUT2D eigenvalue weighted by atomic mass is 10.1. The van der Waals surface area contributed by atoms with Gasteiger partial charge in [-0.15, -0.1) is 0 Å². The number of urea groups is 1. The third-order valence-corrected chi connectivity index (χ3v) is 6.62. The molecule has 2 fully saturated rings. The zero-order chi connectivity index (χ0) is 24.6. The average Bonchev–Trinajstić information content (AvgIpc) is 3.47. The number of nitrogens with zero attached hydrogens (tertiary/aromatic N) is 2. The third-order valence-electron chi connectivity index (χ3n) is 6.62. The molecule has 0 aliphatic carbocycles. The third kappa shape index (κ3) is 6.54. The predicted octanol–water partition coefficient (Wildman–Crippen LogP) is 3.82. The number of piperazine rings is 1. The van der Waals surface area contributed by atoms with Crippen LogP contribution in [0, 0.1) is 6.92 Å². The van der Waals surface area contributed by atoms with Crippen LogP contribution >= 0.6 is 0 Å². The molecule has 186 valence electrons. The van der Waals surface area contributed by atoms with Gasteiger partial charge in [0.1, 0.15) is 19.0 Å². The molecule has 0 radical (unpaired) electrons. The summed E-state index contributed by atoms with van der Waals surface area (Å²) in [4.78, 5) is 28.7. The van der Waals surface area contributed by atoms with Crippen molar-refractivity contribution in [2.75, 3.05) is 44.7 Å². The monoisotopic (exact) mass is 478 g/mol. The molecule has 3 amide bonds. The van der Waals surface area contributed by atoms with E-state index in [1.165, 1.54) is 17.2 Å². The van der Waals surface area contributed by atoms with Crippen LogP contribution in [0.15, 0.2) is 61.2 Å². The first kappa shape index (κ1) is 24.6. The van der Waals surface area contributed by atoms with Gasteiger partial charge in [0.05, 0.1) is 6.54 Å². The Morgan fingerprint density at radius 1 is 1.11 bits per heavy atom. The maximum Gasteiger partial charge on any atom is 0.407 e. The molecule has 2 aliphatic heterocycles. The van der Waals surface area contributed by atoms with Crippen LogP contribution < -0.4 is 15.4 Å². The number of hydrogen-bond donors (Lipinski definition) is 2. The Bertz CT molecular complexity index is 1030. The number of nitrogens with one attached hydrogen (secondary N) is 2. The van der Waals surface area contributed by atoms with Gasteiger partial charge < -0.3 is 25.0 Å². The highest BCUT2D eigenvalue weighted by Gasteiger charge is 2.44. The van der Waals surface area contributed by atoms with Gasteiger partial charge in [-0.25, -0.2) is 9.59 Å². The minimum atomic E-state index is -0.503. The van der Waals surface area contributed by atoms with Crippen molar-refractivity contribution in [3.63, 3.8) is 0 Å². The first-order valence-electron chi connectivity index (χ1n) is 12.1. The maximum absolute atomic E-state index is 12.9. The lowest BCUT2D eigenvalue weighted by Crippen LogP contribution is -2.50. The lowest BCUT2D eigenvalue weighted by molar-refractivity contribution is 0.145. The van der Waals surface area contributed by atoms with Crippen LogP contribution in [0.5, 0.6) is 5.75 Å². The Morgan fingerprint density at radius 2 is 1.91 bits per heavy atom. The number of anilines is 1. The fraction of sp³-hybridized carbons (Fsp3) is 0.407.